The zero-order valence-corrected chi connectivity index (χ0v) is 10.8. The SMILES string of the molecule is NNc1ncc(F)c(NC(CO)Cc2ccccc2)n1. The molecule has 0 aliphatic carbocycles. The zero-order chi connectivity index (χ0) is 14.4. The van der Waals surface area contributed by atoms with Gasteiger partial charge in [-0.2, -0.15) is 4.98 Å². The van der Waals surface area contributed by atoms with Gasteiger partial charge < -0.3 is 10.4 Å². The zero-order valence-electron chi connectivity index (χ0n) is 10.8. The molecule has 6 nitrogen and oxygen atoms in total. The minimum atomic E-state index is -0.601. The lowest BCUT2D eigenvalue weighted by Gasteiger charge is -2.17. The van der Waals surface area contributed by atoms with E-state index in [0.717, 1.165) is 11.8 Å². The molecule has 7 heteroatoms. The first-order valence-electron chi connectivity index (χ1n) is 6.13. The number of aromatic nitrogens is 2. The molecular weight excluding hydrogens is 261 g/mol. The highest BCUT2D eigenvalue weighted by Crippen LogP contribution is 2.14. The number of hydrogen-bond donors (Lipinski definition) is 4. The molecular formula is C13H16FN5O. The van der Waals surface area contributed by atoms with Gasteiger partial charge in [0.1, 0.15) is 0 Å². The molecule has 0 bridgehead atoms. The second-order valence-electron chi connectivity index (χ2n) is 4.25. The normalized spacial score (nSPS) is 11.9. The smallest absolute Gasteiger partial charge is 0.239 e. The molecule has 0 saturated carbocycles. The van der Waals surface area contributed by atoms with Gasteiger partial charge in [-0.3, -0.25) is 5.43 Å². The number of rotatable bonds is 6. The number of anilines is 2. The van der Waals surface area contributed by atoms with Crippen molar-refractivity contribution in [3.05, 3.63) is 47.9 Å². The molecule has 1 atom stereocenters. The summed E-state index contributed by atoms with van der Waals surface area (Å²) in [4.78, 5) is 7.53. The summed E-state index contributed by atoms with van der Waals surface area (Å²) >= 11 is 0. The van der Waals surface area contributed by atoms with Crippen molar-refractivity contribution in [1.29, 1.82) is 0 Å². The Morgan fingerprint density at radius 3 is 2.70 bits per heavy atom. The first-order valence-corrected chi connectivity index (χ1v) is 6.13. The van der Waals surface area contributed by atoms with Crippen molar-refractivity contribution < 1.29 is 9.50 Å². The average molecular weight is 277 g/mol. The van der Waals surface area contributed by atoms with Gasteiger partial charge in [0.2, 0.25) is 5.95 Å². The van der Waals surface area contributed by atoms with Crippen molar-refractivity contribution in [2.75, 3.05) is 17.3 Å². The maximum Gasteiger partial charge on any atom is 0.239 e. The molecule has 1 aromatic heterocycles. The van der Waals surface area contributed by atoms with Gasteiger partial charge >= 0.3 is 0 Å². The Balaban J connectivity index is 2.10. The Bertz CT molecular complexity index is 552. The van der Waals surface area contributed by atoms with Crippen LogP contribution in [0.4, 0.5) is 16.2 Å². The summed E-state index contributed by atoms with van der Waals surface area (Å²) in [5.41, 5.74) is 3.28. The molecule has 2 aromatic rings. The summed E-state index contributed by atoms with van der Waals surface area (Å²) in [6.45, 7) is -0.149. The minimum Gasteiger partial charge on any atom is -0.394 e. The highest BCUT2D eigenvalue weighted by Gasteiger charge is 2.13. The van der Waals surface area contributed by atoms with Gasteiger partial charge in [-0.25, -0.2) is 15.2 Å². The van der Waals surface area contributed by atoms with Crippen molar-refractivity contribution in [2.24, 2.45) is 5.84 Å². The van der Waals surface area contributed by atoms with Gasteiger partial charge in [-0.15, -0.1) is 0 Å². The third-order valence-corrected chi connectivity index (χ3v) is 2.76. The number of benzene rings is 1. The standard InChI is InChI=1S/C13H16FN5O/c14-11-7-16-13(19-15)18-12(11)17-10(8-20)6-9-4-2-1-3-5-9/h1-5,7,10,20H,6,8,15H2,(H2,16,17,18,19). The number of nitrogens with zero attached hydrogens (tertiary/aromatic N) is 2. The van der Waals surface area contributed by atoms with E-state index in [0.29, 0.717) is 6.42 Å². The van der Waals surface area contributed by atoms with E-state index in [1.54, 1.807) is 0 Å². The molecule has 5 N–H and O–H groups in total. The summed E-state index contributed by atoms with van der Waals surface area (Å²) in [5, 5.41) is 12.2. The molecule has 1 unspecified atom stereocenters. The number of aliphatic hydroxyl groups excluding tert-OH is 1. The van der Waals surface area contributed by atoms with Gasteiger partial charge in [0.05, 0.1) is 18.8 Å². The summed E-state index contributed by atoms with van der Waals surface area (Å²) in [6, 6.07) is 9.25. The van der Waals surface area contributed by atoms with Gasteiger partial charge in [0.15, 0.2) is 11.6 Å². The molecule has 106 valence electrons. The first-order chi connectivity index (χ1) is 9.72. The van der Waals surface area contributed by atoms with Crippen LogP contribution < -0.4 is 16.6 Å². The fraction of sp³-hybridized carbons (Fsp3) is 0.231. The van der Waals surface area contributed by atoms with E-state index in [2.05, 4.69) is 20.7 Å². The molecule has 1 aromatic carbocycles. The second kappa shape index (κ2) is 6.78. The van der Waals surface area contributed by atoms with Gasteiger partial charge in [0.25, 0.3) is 0 Å². The molecule has 0 saturated heterocycles. The number of halogens is 1. The summed E-state index contributed by atoms with van der Waals surface area (Å²) in [5.74, 6) is 4.68. The molecule has 2 rings (SSSR count). The third-order valence-electron chi connectivity index (χ3n) is 2.76. The highest BCUT2D eigenvalue weighted by atomic mass is 19.1. The van der Waals surface area contributed by atoms with Crippen molar-refractivity contribution in [2.45, 2.75) is 12.5 Å². The topological polar surface area (TPSA) is 96.1 Å². The first kappa shape index (κ1) is 14.2. The van der Waals surface area contributed by atoms with Crippen LogP contribution in [0.25, 0.3) is 0 Å². The molecule has 20 heavy (non-hydrogen) atoms. The monoisotopic (exact) mass is 277 g/mol. The largest absolute Gasteiger partial charge is 0.394 e. The highest BCUT2D eigenvalue weighted by molar-refractivity contribution is 5.41. The van der Waals surface area contributed by atoms with E-state index in [-0.39, 0.29) is 24.4 Å². The van der Waals surface area contributed by atoms with Crippen LogP contribution in [0.5, 0.6) is 0 Å². The maximum absolute atomic E-state index is 13.6. The van der Waals surface area contributed by atoms with E-state index < -0.39 is 5.82 Å². The van der Waals surface area contributed by atoms with Crippen molar-refractivity contribution in [1.82, 2.24) is 9.97 Å². The van der Waals surface area contributed by atoms with Crippen LogP contribution in [0.3, 0.4) is 0 Å². The molecule has 0 radical (unpaired) electrons. The van der Waals surface area contributed by atoms with Crippen LogP contribution in [-0.4, -0.2) is 27.7 Å². The maximum atomic E-state index is 13.6. The van der Waals surface area contributed by atoms with Gasteiger partial charge in [0, 0.05) is 0 Å². The van der Waals surface area contributed by atoms with Crippen molar-refractivity contribution in [3.63, 3.8) is 0 Å². The van der Waals surface area contributed by atoms with Crippen LogP contribution in [0.15, 0.2) is 36.5 Å². The fourth-order valence-electron chi connectivity index (χ4n) is 1.79. The molecule has 0 fully saturated rings. The molecule has 0 amide bonds. The van der Waals surface area contributed by atoms with Gasteiger partial charge in [-0.1, -0.05) is 30.3 Å². The number of nitrogens with one attached hydrogen (secondary N) is 2. The lowest BCUT2D eigenvalue weighted by atomic mass is 10.1. The summed E-state index contributed by atoms with van der Waals surface area (Å²) in [7, 11) is 0. The Morgan fingerprint density at radius 2 is 2.05 bits per heavy atom. The number of aliphatic hydroxyl groups is 1. The van der Waals surface area contributed by atoms with E-state index in [1.165, 1.54) is 0 Å². The van der Waals surface area contributed by atoms with Crippen LogP contribution in [0, 0.1) is 5.82 Å². The summed E-state index contributed by atoms with van der Waals surface area (Å²) < 4.78 is 13.6. The van der Waals surface area contributed by atoms with E-state index >= 15 is 0 Å². The third kappa shape index (κ3) is 3.62. The van der Waals surface area contributed by atoms with Crippen molar-refractivity contribution in [3.8, 4) is 0 Å². The lowest BCUT2D eigenvalue weighted by Crippen LogP contribution is -2.28. The van der Waals surface area contributed by atoms with E-state index in [1.807, 2.05) is 30.3 Å². The van der Waals surface area contributed by atoms with Crippen LogP contribution in [0.2, 0.25) is 0 Å². The van der Waals surface area contributed by atoms with Crippen LogP contribution in [-0.2, 0) is 6.42 Å². The van der Waals surface area contributed by atoms with Crippen LogP contribution >= 0.6 is 0 Å². The summed E-state index contributed by atoms with van der Waals surface area (Å²) in [6.07, 6.45) is 1.56. The molecule has 1 heterocycles. The number of hydrogen-bond acceptors (Lipinski definition) is 6. The predicted octanol–water partition coefficient (Wildman–Crippen LogP) is 0.917. The Hall–Kier alpha value is -2.25. The Morgan fingerprint density at radius 1 is 1.30 bits per heavy atom. The average Bonchev–Trinajstić information content (AvgIpc) is 2.49. The lowest BCUT2D eigenvalue weighted by molar-refractivity contribution is 0.273. The molecule has 0 spiro atoms. The quantitative estimate of drug-likeness (QED) is 0.463. The second-order valence-corrected chi connectivity index (χ2v) is 4.25. The minimum absolute atomic E-state index is 0.00271. The number of nitrogen functional groups attached to an aromatic ring is 1. The predicted molar refractivity (Wildman–Crippen MR) is 74.4 cm³/mol. The van der Waals surface area contributed by atoms with Crippen LogP contribution in [0.1, 0.15) is 5.56 Å². The number of hydrazine groups is 1. The fourth-order valence-corrected chi connectivity index (χ4v) is 1.79. The van der Waals surface area contributed by atoms with E-state index in [4.69, 9.17) is 5.84 Å². The molecule has 0 aliphatic heterocycles. The molecule has 0 aliphatic rings. The van der Waals surface area contributed by atoms with Crippen molar-refractivity contribution >= 4 is 11.8 Å². The number of nitrogens with two attached hydrogens (primary N) is 1. The van der Waals surface area contributed by atoms with E-state index in [9.17, 15) is 9.50 Å². The van der Waals surface area contributed by atoms with Gasteiger partial charge in [-0.05, 0) is 12.0 Å². The Kier molecular flexibility index (Phi) is 4.80. The Labute approximate surface area is 115 Å².